The fourth-order valence-corrected chi connectivity index (χ4v) is 3.01. The Balaban J connectivity index is 2.06. The summed E-state index contributed by atoms with van der Waals surface area (Å²) in [5.41, 5.74) is 0. The first kappa shape index (κ1) is 9.97. The first-order chi connectivity index (χ1) is 6.70. The summed E-state index contributed by atoms with van der Waals surface area (Å²) < 4.78 is 0. The summed E-state index contributed by atoms with van der Waals surface area (Å²) in [6.45, 7) is 3.05. The summed E-state index contributed by atoms with van der Waals surface area (Å²) in [4.78, 5) is 13.4. The van der Waals surface area contributed by atoms with Gasteiger partial charge in [0, 0.05) is 6.04 Å². The summed E-state index contributed by atoms with van der Waals surface area (Å²) in [5, 5.41) is 9.17. The first-order valence-corrected chi connectivity index (χ1v) is 5.68. The molecular weight excluding hydrogens is 178 g/mol. The lowest BCUT2D eigenvalue weighted by Crippen LogP contribution is -2.44. The zero-order valence-electron chi connectivity index (χ0n) is 8.78. The van der Waals surface area contributed by atoms with Gasteiger partial charge in [0.25, 0.3) is 0 Å². The zero-order chi connectivity index (χ0) is 10.1. The Morgan fingerprint density at radius 3 is 2.50 bits per heavy atom. The van der Waals surface area contributed by atoms with Gasteiger partial charge in [-0.25, -0.2) is 0 Å². The topological polar surface area (TPSA) is 40.5 Å². The molecule has 0 radical (unpaired) electrons. The van der Waals surface area contributed by atoms with Crippen molar-refractivity contribution in [3.63, 3.8) is 0 Å². The number of hydrogen-bond donors (Lipinski definition) is 1. The van der Waals surface area contributed by atoms with Crippen LogP contribution in [0.4, 0.5) is 0 Å². The maximum absolute atomic E-state index is 11.1. The van der Waals surface area contributed by atoms with Gasteiger partial charge in [0.1, 0.15) is 6.04 Å². The second kappa shape index (κ2) is 3.89. The monoisotopic (exact) mass is 197 g/mol. The van der Waals surface area contributed by atoms with E-state index in [-0.39, 0.29) is 6.04 Å². The number of carboxylic acids is 1. The first-order valence-electron chi connectivity index (χ1n) is 5.68. The van der Waals surface area contributed by atoms with Gasteiger partial charge >= 0.3 is 5.97 Å². The maximum Gasteiger partial charge on any atom is 0.321 e. The van der Waals surface area contributed by atoms with E-state index in [4.69, 9.17) is 0 Å². The predicted molar refractivity (Wildman–Crippen MR) is 54.2 cm³/mol. The molecule has 2 aliphatic rings. The van der Waals surface area contributed by atoms with Crippen molar-refractivity contribution < 1.29 is 9.90 Å². The van der Waals surface area contributed by atoms with Crippen molar-refractivity contribution >= 4 is 5.97 Å². The van der Waals surface area contributed by atoms with Crippen molar-refractivity contribution in [3.8, 4) is 0 Å². The molecule has 1 aliphatic heterocycles. The highest BCUT2D eigenvalue weighted by molar-refractivity contribution is 5.74. The second-order valence-corrected chi connectivity index (χ2v) is 4.73. The number of rotatable bonds is 2. The van der Waals surface area contributed by atoms with E-state index < -0.39 is 5.97 Å². The molecule has 1 aliphatic carbocycles. The Labute approximate surface area is 85.1 Å². The quantitative estimate of drug-likeness (QED) is 0.732. The maximum atomic E-state index is 11.1. The molecule has 2 atom stereocenters. The SMILES string of the molecule is CC1CCN(C2CCCC2)C1C(=O)O. The van der Waals surface area contributed by atoms with Crippen molar-refractivity contribution in [1.82, 2.24) is 4.90 Å². The van der Waals surface area contributed by atoms with Crippen LogP contribution in [0.1, 0.15) is 39.0 Å². The summed E-state index contributed by atoms with van der Waals surface area (Å²) in [6.07, 6.45) is 6.02. The molecule has 0 spiro atoms. The normalized spacial score (nSPS) is 35.2. The third-order valence-corrected chi connectivity index (χ3v) is 3.79. The highest BCUT2D eigenvalue weighted by Gasteiger charge is 2.40. The number of carboxylic acid groups (broad SMARTS) is 1. The average Bonchev–Trinajstić information content (AvgIpc) is 2.70. The molecule has 3 nitrogen and oxygen atoms in total. The third kappa shape index (κ3) is 1.65. The van der Waals surface area contributed by atoms with Crippen LogP contribution in [0.25, 0.3) is 0 Å². The predicted octanol–water partition coefficient (Wildman–Crippen LogP) is 1.72. The van der Waals surface area contributed by atoms with E-state index in [0.717, 1.165) is 13.0 Å². The minimum Gasteiger partial charge on any atom is -0.480 e. The van der Waals surface area contributed by atoms with Crippen LogP contribution in [0.15, 0.2) is 0 Å². The standard InChI is InChI=1S/C11H19NO2/c1-8-6-7-12(10(8)11(13)14)9-4-2-3-5-9/h8-10H,2-7H2,1H3,(H,13,14). The van der Waals surface area contributed by atoms with E-state index in [2.05, 4.69) is 11.8 Å². The lowest BCUT2D eigenvalue weighted by atomic mass is 10.0. The van der Waals surface area contributed by atoms with Gasteiger partial charge in [-0.3, -0.25) is 9.69 Å². The van der Waals surface area contributed by atoms with Crippen LogP contribution >= 0.6 is 0 Å². The van der Waals surface area contributed by atoms with E-state index in [1.54, 1.807) is 0 Å². The van der Waals surface area contributed by atoms with Crippen molar-refractivity contribution in [2.24, 2.45) is 5.92 Å². The molecule has 0 aromatic carbocycles. The Morgan fingerprint density at radius 1 is 1.29 bits per heavy atom. The molecule has 14 heavy (non-hydrogen) atoms. The highest BCUT2D eigenvalue weighted by Crippen LogP contribution is 2.32. The lowest BCUT2D eigenvalue weighted by Gasteiger charge is -2.29. The van der Waals surface area contributed by atoms with Crippen molar-refractivity contribution in [2.45, 2.75) is 51.1 Å². The summed E-state index contributed by atoms with van der Waals surface area (Å²) in [5.74, 6) is -0.296. The molecule has 0 bridgehead atoms. The molecule has 0 amide bonds. The Kier molecular flexibility index (Phi) is 2.77. The number of nitrogens with zero attached hydrogens (tertiary/aromatic N) is 1. The number of carbonyl (C=O) groups is 1. The smallest absolute Gasteiger partial charge is 0.321 e. The van der Waals surface area contributed by atoms with Crippen LogP contribution < -0.4 is 0 Å². The number of likely N-dealkylation sites (tertiary alicyclic amines) is 1. The molecule has 1 N–H and O–H groups in total. The molecule has 3 heteroatoms. The van der Waals surface area contributed by atoms with Gasteiger partial charge in [-0.15, -0.1) is 0 Å². The molecular formula is C11H19NO2. The van der Waals surface area contributed by atoms with Gasteiger partial charge in [0.05, 0.1) is 0 Å². The van der Waals surface area contributed by atoms with Gasteiger partial charge in [-0.05, 0) is 31.7 Å². The Hall–Kier alpha value is -0.570. The van der Waals surface area contributed by atoms with Crippen LogP contribution in [0.3, 0.4) is 0 Å². The summed E-state index contributed by atoms with van der Waals surface area (Å²) >= 11 is 0. The third-order valence-electron chi connectivity index (χ3n) is 3.79. The van der Waals surface area contributed by atoms with Gasteiger partial charge in [0.15, 0.2) is 0 Å². The van der Waals surface area contributed by atoms with E-state index >= 15 is 0 Å². The summed E-state index contributed by atoms with van der Waals surface area (Å²) in [7, 11) is 0. The average molecular weight is 197 g/mol. The van der Waals surface area contributed by atoms with Crippen LogP contribution in [0.5, 0.6) is 0 Å². The van der Waals surface area contributed by atoms with Crippen molar-refractivity contribution in [1.29, 1.82) is 0 Å². The minimum atomic E-state index is -0.623. The molecule has 2 fully saturated rings. The highest BCUT2D eigenvalue weighted by atomic mass is 16.4. The Bertz CT molecular complexity index is 223. The minimum absolute atomic E-state index is 0.210. The van der Waals surface area contributed by atoms with Gasteiger partial charge in [-0.2, -0.15) is 0 Å². The van der Waals surface area contributed by atoms with Crippen LogP contribution in [0.2, 0.25) is 0 Å². The molecule has 1 saturated carbocycles. The molecule has 80 valence electrons. The van der Waals surface area contributed by atoms with Crippen molar-refractivity contribution in [3.05, 3.63) is 0 Å². The fourth-order valence-electron chi connectivity index (χ4n) is 3.01. The van der Waals surface area contributed by atoms with E-state index in [1.807, 2.05) is 0 Å². The zero-order valence-corrected chi connectivity index (χ0v) is 8.78. The molecule has 1 heterocycles. The van der Waals surface area contributed by atoms with Crippen LogP contribution in [-0.2, 0) is 4.79 Å². The second-order valence-electron chi connectivity index (χ2n) is 4.73. The largest absolute Gasteiger partial charge is 0.480 e. The Morgan fingerprint density at radius 2 is 1.93 bits per heavy atom. The lowest BCUT2D eigenvalue weighted by molar-refractivity contribution is -0.144. The number of aliphatic carboxylic acids is 1. The molecule has 1 saturated heterocycles. The van der Waals surface area contributed by atoms with Gasteiger partial charge in [-0.1, -0.05) is 19.8 Å². The van der Waals surface area contributed by atoms with Gasteiger partial charge in [0.2, 0.25) is 0 Å². The van der Waals surface area contributed by atoms with Crippen LogP contribution in [0, 0.1) is 5.92 Å². The fraction of sp³-hybridized carbons (Fsp3) is 0.909. The van der Waals surface area contributed by atoms with Crippen molar-refractivity contribution in [2.75, 3.05) is 6.54 Å². The molecule has 0 aromatic heterocycles. The molecule has 2 unspecified atom stereocenters. The van der Waals surface area contributed by atoms with E-state index in [0.29, 0.717) is 12.0 Å². The van der Waals surface area contributed by atoms with Crippen LogP contribution in [-0.4, -0.2) is 34.6 Å². The van der Waals surface area contributed by atoms with E-state index in [9.17, 15) is 9.90 Å². The summed E-state index contributed by atoms with van der Waals surface area (Å²) in [6, 6.07) is 0.346. The molecule has 2 rings (SSSR count). The molecule has 0 aromatic rings. The van der Waals surface area contributed by atoms with E-state index in [1.165, 1.54) is 25.7 Å². The number of hydrogen-bond acceptors (Lipinski definition) is 2. The van der Waals surface area contributed by atoms with Gasteiger partial charge < -0.3 is 5.11 Å².